The third kappa shape index (κ3) is 1.54. The Balaban J connectivity index is 2.20. The highest BCUT2D eigenvalue weighted by Gasteiger charge is 2.28. The van der Waals surface area contributed by atoms with E-state index in [0.717, 1.165) is 12.2 Å². The van der Waals surface area contributed by atoms with Crippen LogP contribution in [0.2, 0.25) is 0 Å². The molecule has 2 heteroatoms. The van der Waals surface area contributed by atoms with E-state index < -0.39 is 0 Å². The SMILES string of the molecule is COc1cccc(C2CCC2N)c1. The fraction of sp³-hybridized carbons (Fsp3) is 0.455. The van der Waals surface area contributed by atoms with E-state index in [1.54, 1.807) is 7.11 Å². The Morgan fingerprint density at radius 2 is 2.23 bits per heavy atom. The molecule has 2 rings (SSSR count). The van der Waals surface area contributed by atoms with E-state index in [2.05, 4.69) is 12.1 Å². The lowest BCUT2D eigenvalue weighted by Crippen LogP contribution is -2.37. The number of hydrogen-bond acceptors (Lipinski definition) is 2. The van der Waals surface area contributed by atoms with Crippen LogP contribution in [0, 0.1) is 0 Å². The minimum Gasteiger partial charge on any atom is -0.497 e. The Bertz CT molecular complexity index is 298. The van der Waals surface area contributed by atoms with Gasteiger partial charge in [0, 0.05) is 6.04 Å². The molecule has 0 radical (unpaired) electrons. The summed E-state index contributed by atoms with van der Waals surface area (Å²) in [5.41, 5.74) is 7.22. The maximum atomic E-state index is 5.91. The number of nitrogens with two attached hydrogens (primary N) is 1. The monoisotopic (exact) mass is 177 g/mol. The Labute approximate surface area is 78.7 Å². The molecular weight excluding hydrogens is 162 g/mol. The molecular formula is C11H15NO. The van der Waals surface area contributed by atoms with Crippen molar-refractivity contribution in [2.24, 2.45) is 5.73 Å². The Morgan fingerprint density at radius 1 is 1.38 bits per heavy atom. The predicted octanol–water partition coefficient (Wildman–Crippen LogP) is 1.90. The number of benzene rings is 1. The van der Waals surface area contributed by atoms with Gasteiger partial charge < -0.3 is 10.5 Å². The van der Waals surface area contributed by atoms with E-state index in [4.69, 9.17) is 10.5 Å². The van der Waals surface area contributed by atoms with Crippen LogP contribution in [0.1, 0.15) is 24.3 Å². The van der Waals surface area contributed by atoms with E-state index >= 15 is 0 Å². The van der Waals surface area contributed by atoms with Gasteiger partial charge >= 0.3 is 0 Å². The Morgan fingerprint density at radius 3 is 2.77 bits per heavy atom. The first kappa shape index (κ1) is 8.57. The molecule has 2 atom stereocenters. The fourth-order valence-corrected chi connectivity index (χ4v) is 1.81. The average molecular weight is 177 g/mol. The molecule has 13 heavy (non-hydrogen) atoms. The summed E-state index contributed by atoms with van der Waals surface area (Å²) in [4.78, 5) is 0. The molecule has 0 saturated heterocycles. The molecule has 1 aromatic carbocycles. The smallest absolute Gasteiger partial charge is 0.119 e. The molecule has 0 aliphatic heterocycles. The van der Waals surface area contributed by atoms with Crippen LogP contribution in [0.15, 0.2) is 24.3 Å². The molecule has 1 fully saturated rings. The molecule has 2 N–H and O–H groups in total. The zero-order chi connectivity index (χ0) is 9.26. The van der Waals surface area contributed by atoms with Gasteiger partial charge in [0.05, 0.1) is 7.11 Å². The van der Waals surface area contributed by atoms with Crippen LogP contribution in [0.5, 0.6) is 5.75 Å². The summed E-state index contributed by atoms with van der Waals surface area (Å²) in [6, 6.07) is 8.56. The molecule has 2 unspecified atom stereocenters. The lowest BCUT2D eigenvalue weighted by Gasteiger charge is -2.34. The summed E-state index contributed by atoms with van der Waals surface area (Å²) in [5.74, 6) is 1.48. The van der Waals surface area contributed by atoms with Gasteiger partial charge in [-0.2, -0.15) is 0 Å². The molecule has 1 aliphatic carbocycles. The highest BCUT2D eigenvalue weighted by atomic mass is 16.5. The Kier molecular flexibility index (Phi) is 2.23. The highest BCUT2D eigenvalue weighted by molar-refractivity contribution is 5.32. The van der Waals surface area contributed by atoms with Crippen molar-refractivity contribution in [1.29, 1.82) is 0 Å². The maximum Gasteiger partial charge on any atom is 0.119 e. The van der Waals surface area contributed by atoms with E-state index in [1.165, 1.54) is 12.0 Å². The minimum atomic E-state index is 0.354. The van der Waals surface area contributed by atoms with Crippen molar-refractivity contribution < 1.29 is 4.74 Å². The second-order valence-electron chi connectivity index (χ2n) is 3.62. The largest absolute Gasteiger partial charge is 0.497 e. The molecule has 0 heterocycles. The van der Waals surface area contributed by atoms with Crippen LogP contribution in [0.4, 0.5) is 0 Å². The van der Waals surface area contributed by atoms with E-state index in [9.17, 15) is 0 Å². The van der Waals surface area contributed by atoms with Gasteiger partial charge in [0.1, 0.15) is 5.75 Å². The van der Waals surface area contributed by atoms with E-state index in [1.807, 2.05) is 12.1 Å². The molecule has 1 aromatic rings. The summed E-state index contributed by atoms with van der Waals surface area (Å²) >= 11 is 0. The van der Waals surface area contributed by atoms with E-state index in [-0.39, 0.29) is 0 Å². The van der Waals surface area contributed by atoms with Gasteiger partial charge in [-0.3, -0.25) is 0 Å². The highest BCUT2D eigenvalue weighted by Crippen LogP contribution is 2.36. The number of methoxy groups -OCH3 is 1. The second-order valence-corrected chi connectivity index (χ2v) is 3.62. The summed E-state index contributed by atoms with van der Waals surface area (Å²) in [6.07, 6.45) is 2.37. The quantitative estimate of drug-likeness (QED) is 0.748. The first-order valence-electron chi connectivity index (χ1n) is 4.71. The summed E-state index contributed by atoms with van der Waals surface area (Å²) in [7, 11) is 1.69. The van der Waals surface area contributed by atoms with Crippen molar-refractivity contribution in [3.63, 3.8) is 0 Å². The van der Waals surface area contributed by atoms with Gasteiger partial charge in [-0.25, -0.2) is 0 Å². The van der Waals surface area contributed by atoms with Crippen molar-refractivity contribution in [1.82, 2.24) is 0 Å². The summed E-state index contributed by atoms with van der Waals surface area (Å²) in [5, 5.41) is 0. The van der Waals surface area contributed by atoms with Crippen molar-refractivity contribution in [2.75, 3.05) is 7.11 Å². The van der Waals surface area contributed by atoms with Gasteiger partial charge in [-0.05, 0) is 36.5 Å². The third-order valence-corrected chi connectivity index (χ3v) is 2.85. The zero-order valence-corrected chi connectivity index (χ0v) is 7.86. The standard InChI is InChI=1S/C11H15NO/c1-13-9-4-2-3-8(7-9)10-5-6-11(10)12/h2-4,7,10-11H,5-6,12H2,1H3. The van der Waals surface area contributed by atoms with Crippen LogP contribution < -0.4 is 10.5 Å². The number of rotatable bonds is 2. The van der Waals surface area contributed by atoms with Gasteiger partial charge in [0.2, 0.25) is 0 Å². The van der Waals surface area contributed by atoms with Crippen LogP contribution >= 0.6 is 0 Å². The fourth-order valence-electron chi connectivity index (χ4n) is 1.81. The van der Waals surface area contributed by atoms with Crippen LogP contribution in [0.25, 0.3) is 0 Å². The molecule has 2 nitrogen and oxygen atoms in total. The molecule has 1 saturated carbocycles. The molecule has 0 bridgehead atoms. The number of hydrogen-bond donors (Lipinski definition) is 1. The first-order chi connectivity index (χ1) is 6.31. The lowest BCUT2D eigenvalue weighted by molar-refractivity contribution is 0.344. The molecule has 0 amide bonds. The molecule has 70 valence electrons. The van der Waals surface area contributed by atoms with Crippen molar-refractivity contribution in [3.8, 4) is 5.75 Å². The van der Waals surface area contributed by atoms with Crippen molar-refractivity contribution in [3.05, 3.63) is 29.8 Å². The lowest BCUT2D eigenvalue weighted by atomic mass is 9.76. The second kappa shape index (κ2) is 3.38. The molecule has 0 spiro atoms. The van der Waals surface area contributed by atoms with Crippen LogP contribution in [-0.2, 0) is 0 Å². The average Bonchev–Trinajstić information content (AvgIpc) is 2.16. The van der Waals surface area contributed by atoms with Gasteiger partial charge in [-0.1, -0.05) is 12.1 Å². The van der Waals surface area contributed by atoms with Gasteiger partial charge in [-0.15, -0.1) is 0 Å². The first-order valence-corrected chi connectivity index (χ1v) is 4.71. The van der Waals surface area contributed by atoms with E-state index in [0.29, 0.717) is 12.0 Å². The maximum absolute atomic E-state index is 5.91. The van der Waals surface area contributed by atoms with Gasteiger partial charge in [0.15, 0.2) is 0 Å². The molecule has 0 aromatic heterocycles. The van der Waals surface area contributed by atoms with Crippen molar-refractivity contribution >= 4 is 0 Å². The topological polar surface area (TPSA) is 35.2 Å². The molecule has 1 aliphatic rings. The zero-order valence-electron chi connectivity index (χ0n) is 7.86. The number of ether oxygens (including phenoxy) is 1. The normalized spacial score (nSPS) is 26.6. The van der Waals surface area contributed by atoms with Gasteiger partial charge in [0.25, 0.3) is 0 Å². The van der Waals surface area contributed by atoms with Crippen molar-refractivity contribution in [2.45, 2.75) is 24.8 Å². The third-order valence-electron chi connectivity index (χ3n) is 2.85. The predicted molar refractivity (Wildman–Crippen MR) is 52.9 cm³/mol. The summed E-state index contributed by atoms with van der Waals surface area (Å²) < 4.78 is 5.17. The summed E-state index contributed by atoms with van der Waals surface area (Å²) in [6.45, 7) is 0. The minimum absolute atomic E-state index is 0.354. The van der Waals surface area contributed by atoms with Crippen LogP contribution in [0.3, 0.4) is 0 Å². The Hall–Kier alpha value is -1.02. The van der Waals surface area contributed by atoms with Crippen LogP contribution in [-0.4, -0.2) is 13.2 Å².